The average molecular weight is 656 g/mol. The van der Waals surface area contributed by atoms with Gasteiger partial charge in [-0.3, -0.25) is 0 Å². The van der Waals surface area contributed by atoms with Gasteiger partial charge >= 0.3 is 13.7 Å². The van der Waals surface area contributed by atoms with Crippen molar-refractivity contribution in [3.63, 3.8) is 0 Å². The van der Waals surface area contributed by atoms with Gasteiger partial charge in [0.2, 0.25) is 0 Å². The monoisotopic (exact) mass is 656 g/mol. The number of para-hydroxylation sites is 2. The van der Waals surface area contributed by atoms with E-state index in [4.69, 9.17) is 0 Å². The molecule has 0 N–H and O–H groups in total. The molecule has 4 heterocycles. The van der Waals surface area contributed by atoms with Crippen LogP contribution in [0.2, 0.25) is 0 Å². The number of fused-ring (bicyclic) bond motifs is 22. The second-order valence-corrected chi connectivity index (χ2v) is 14.3. The molecule has 8 aromatic rings. The lowest BCUT2D eigenvalue weighted by atomic mass is 9.42. The molecule has 8 aromatic carbocycles. The van der Waals surface area contributed by atoms with Crippen LogP contribution < -0.4 is 31.5 Å². The minimum absolute atomic E-state index is 0.0844. The Hall–Kier alpha value is -6.51. The van der Waals surface area contributed by atoms with Crippen molar-refractivity contribution in [1.29, 1.82) is 0 Å². The topological polar surface area (TPSA) is 6.48 Å². The van der Waals surface area contributed by atoms with E-state index in [9.17, 15) is 0 Å². The minimum Gasteiger partial charge on any atom is -0.376 e. The minimum atomic E-state index is 0.0844. The van der Waals surface area contributed by atoms with Crippen molar-refractivity contribution in [1.82, 2.24) is 0 Å². The number of hydrogen-bond acceptors (Lipinski definition) is 2. The Balaban J connectivity index is 1.15. The summed E-state index contributed by atoms with van der Waals surface area (Å²) in [6, 6.07) is 68.0. The van der Waals surface area contributed by atoms with Gasteiger partial charge in [-0.15, -0.1) is 0 Å². The van der Waals surface area contributed by atoms with E-state index < -0.39 is 0 Å². The van der Waals surface area contributed by atoms with Gasteiger partial charge < -0.3 is 9.62 Å². The summed E-state index contributed by atoms with van der Waals surface area (Å²) in [6.45, 7) is 0.169. The quantitative estimate of drug-likeness (QED) is 0.163. The van der Waals surface area contributed by atoms with Crippen LogP contribution >= 0.6 is 0 Å². The van der Waals surface area contributed by atoms with Gasteiger partial charge in [-0.05, 0) is 79.5 Å². The molecule has 0 unspecified atom stereocenters. The van der Waals surface area contributed by atoms with Crippen LogP contribution in [0.1, 0.15) is 0 Å². The van der Waals surface area contributed by atoms with Gasteiger partial charge in [0.25, 0.3) is 0 Å². The average Bonchev–Trinajstić information content (AvgIpc) is 3.23. The van der Waals surface area contributed by atoms with Crippen LogP contribution in [-0.4, -0.2) is 13.7 Å². The SMILES string of the molecule is c1ccc2c(c1)B1c3ccccc3-c3c(-c4cccc5c4-c4ccccc4B4c6ccccc6-c6ccccc6N45)cccc3N1c1ccccc1-2. The molecule has 4 aliphatic heterocycles. The van der Waals surface area contributed by atoms with E-state index in [0.29, 0.717) is 0 Å². The Morgan fingerprint density at radius 1 is 0.231 bits per heavy atom. The molecule has 238 valence electrons. The fourth-order valence-electron chi connectivity index (χ4n) is 9.91. The molecule has 12 rings (SSSR count). The maximum absolute atomic E-state index is 2.61. The van der Waals surface area contributed by atoms with Gasteiger partial charge in [0.1, 0.15) is 0 Å². The smallest absolute Gasteiger partial charge is 0.329 e. The molecule has 0 spiro atoms. The molecule has 0 atom stereocenters. The number of rotatable bonds is 1. The van der Waals surface area contributed by atoms with E-state index in [1.54, 1.807) is 0 Å². The number of benzene rings is 8. The van der Waals surface area contributed by atoms with E-state index in [1.165, 1.54) is 100 Å². The fourth-order valence-corrected chi connectivity index (χ4v) is 9.91. The Kier molecular flexibility index (Phi) is 5.70. The Labute approximate surface area is 304 Å². The highest BCUT2D eigenvalue weighted by atomic mass is 15.1. The van der Waals surface area contributed by atoms with Crippen molar-refractivity contribution in [3.05, 3.63) is 182 Å². The van der Waals surface area contributed by atoms with Crippen LogP contribution in [0, 0.1) is 0 Å². The summed E-state index contributed by atoms with van der Waals surface area (Å²) in [6.07, 6.45) is 0. The Bertz CT molecular complexity index is 2610. The molecule has 0 saturated carbocycles. The molecule has 0 radical (unpaired) electrons. The largest absolute Gasteiger partial charge is 0.376 e. The van der Waals surface area contributed by atoms with E-state index >= 15 is 0 Å². The second-order valence-electron chi connectivity index (χ2n) is 14.3. The molecule has 0 fully saturated rings. The third-order valence-electron chi connectivity index (χ3n) is 11.9. The van der Waals surface area contributed by atoms with Crippen molar-refractivity contribution in [2.24, 2.45) is 0 Å². The van der Waals surface area contributed by atoms with Crippen molar-refractivity contribution >= 4 is 58.3 Å². The summed E-state index contributed by atoms with van der Waals surface area (Å²) in [5.41, 5.74) is 23.3. The zero-order chi connectivity index (χ0) is 33.9. The van der Waals surface area contributed by atoms with Crippen molar-refractivity contribution < 1.29 is 0 Å². The summed E-state index contributed by atoms with van der Waals surface area (Å²) in [7, 11) is 0. The predicted molar refractivity (Wildman–Crippen MR) is 221 cm³/mol. The highest BCUT2D eigenvalue weighted by molar-refractivity contribution is 6.93. The third kappa shape index (κ3) is 3.61. The molecule has 0 saturated heterocycles. The lowest BCUT2D eigenvalue weighted by Gasteiger charge is -2.45. The molecule has 0 bridgehead atoms. The first-order valence-corrected chi connectivity index (χ1v) is 18.3. The predicted octanol–water partition coefficient (Wildman–Crippen LogP) is 9.16. The first-order chi connectivity index (χ1) is 25.9. The van der Waals surface area contributed by atoms with Crippen LogP contribution in [0.25, 0.3) is 55.6 Å². The molecule has 0 aromatic heterocycles. The normalized spacial score (nSPS) is 13.6. The second kappa shape index (κ2) is 10.5. The summed E-state index contributed by atoms with van der Waals surface area (Å²) in [5, 5.41) is 0. The molecule has 0 aliphatic carbocycles. The van der Waals surface area contributed by atoms with Crippen molar-refractivity contribution in [3.8, 4) is 55.6 Å². The first-order valence-electron chi connectivity index (χ1n) is 18.3. The van der Waals surface area contributed by atoms with E-state index in [-0.39, 0.29) is 13.7 Å². The highest BCUT2D eigenvalue weighted by Gasteiger charge is 2.45. The Morgan fingerprint density at radius 3 is 0.942 bits per heavy atom. The lowest BCUT2D eigenvalue weighted by molar-refractivity contribution is 1.34. The summed E-state index contributed by atoms with van der Waals surface area (Å²) in [4.78, 5) is 5.21. The molecule has 0 amide bonds. The van der Waals surface area contributed by atoms with Crippen LogP contribution in [-0.2, 0) is 0 Å². The van der Waals surface area contributed by atoms with E-state index in [1.807, 2.05) is 0 Å². The van der Waals surface area contributed by atoms with Crippen molar-refractivity contribution in [2.75, 3.05) is 9.62 Å². The molecule has 2 nitrogen and oxygen atoms in total. The fraction of sp³-hybridized carbons (Fsp3) is 0. The summed E-state index contributed by atoms with van der Waals surface area (Å²) in [5.74, 6) is 0. The van der Waals surface area contributed by atoms with Gasteiger partial charge in [-0.25, -0.2) is 0 Å². The molecular formula is C48H30B2N2. The molecular weight excluding hydrogens is 626 g/mol. The highest BCUT2D eigenvalue weighted by Crippen LogP contribution is 2.53. The Morgan fingerprint density at radius 2 is 0.519 bits per heavy atom. The number of hydrogen-bond donors (Lipinski definition) is 0. The van der Waals surface area contributed by atoms with Crippen LogP contribution in [0.5, 0.6) is 0 Å². The summed E-state index contributed by atoms with van der Waals surface area (Å²) < 4.78 is 0. The van der Waals surface area contributed by atoms with Gasteiger partial charge in [-0.1, -0.05) is 158 Å². The van der Waals surface area contributed by atoms with Crippen molar-refractivity contribution in [2.45, 2.75) is 0 Å². The van der Waals surface area contributed by atoms with Gasteiger partial charge in [-0.2, -0.15) is 0 Å². The molecule has 4 aliphatic rings. The lowest BCUT2D eigenvalue weighted by Crippen LogP contribution is -2.59. The molecule has 52 heavy (non-hydrogen) atoms. The van der Waals surface area contributed by atoms with Crippen LogP contribution in [0.15, 0.2) is 182 Å². The standard InChI is InChI=1S/C48H30B2N2/c1-7-23-39-31(15-1)33-17-5-11-27-43(33)51-45-29-13-21-35(47(45)37-19-3-9-25-41(37)49(39)51)36-22-14-30-46-48(36)38-20-4-10-26-42(38)50-40-24-8-2-16-32(40)34-18-6-12-28-44(34)52(46)50/h1-30H. The van der Waals surface area contributed by atoms with Crippen LogP contribution in [0.3, 0.4) is 0 Å². The molecule has 4 heteroatoms. The number of anilines is 4. The van der Waals surface area contributed by atoms with E-state index in [2.05, 4.69) is 192 Å². The van der Waals surface area contributed by atoms with Gasteiger partial charge in [0, 0.05) is 45.0 Å². The van der Waals surface area contributed by atoms with Gasteiger partial charge in [0.15, 0.2) is 0 Å². The number of nitrogens with zero attached hydrogens (tertiary/aromatic N) is 2. The maximum atomic E-state index is 2.61. The maximum Gasteiger partial charge on any atom is 0.329 e. The zero-order valence-electron chi connectivity index (χ0n) is 28.4. The third-order valence-corrected chi connectivity index (χ3v) is 11.9. The van der Waals surface area contributed by atoms with Crippen LogP contribution in [0.4, 0.5) is 22.7 Å². The summed E-state index contributed by atoms with van der Waals surface area (Å²) >= 11 is 0. The van der Waals surface area contributed by atoms with E-state index in [0.717, 1.165) is 0 Å². The zero-order valence-corrected chi connectivity index (χ0v) is 28.4. The first kappa shape index (κ1) is 28.2. The van der Waals surface area contributed by atoms with Gasteiger partial charge in [0.05, 0.1) is 0 Å².